The maximum Gasteiger partial charge on any atom is 0.170 e. The van der Waals surface area contributed by atoms with Crippen LogP contribution in [0.3, 0.4) is 0 Å². The van der Waals surface area contributed by atoms with Gasteiger partial charge in [0.05, 0.1) is 5.69 Å². The molecule has 0 fully saturated rings. The highest BCUT2D eigenvalue weighted by atomic mass is 16.5. The van der Waals surface area contributed by atoms with Gasteiger partial charge in [-0.1, -0.05) is 17.3 Å². The van der Waals surface area contributed by atoms with Crippen molar-refractivity contribution >= 4 is 17.3 Å². The van der Waals surface area contributed by atoms with Crippen LogP contribution in [0.25, 0.3) is 11.0 Å². The molecule has 0 unspecified atom stereocenters. The monoisotopic (exact) mass is 175 g/mol. The summed E-state index contributed by atoms with van der Waals surface area (Å²) >= 11 is 0. The third-order valence-electron chi connectivity index (χ3n) is 2.06. The van der Waals surface area contributed by atoms with Gasteiger partial charge in [0.15, 0.2) is 5.58 Å². The van der Waals surface area contributed by atoms with Crippen LogP contribution in [-0.4, -0.2) is 11.4 Å². The van der Waals surface area contributed by atoms with E-state index in [4.69, 9.17) is 4.52 Å². The van der Waals surface area contributed by atoms with Crippen molar-refractivity contribution < 1.29 is 9.32 Å². The highest BCUT2D eigenvalue weighted by molar-refractivity contribution is 5.83. The summed E-state index contributed by atoms with van der Waals surface area (Å²) in [7, 11) is 0. The molecule has 0 atom stereocenters. The molecular weight excluding hydrogens is 166 g/mol. The summed E-state index contributed by atoms with van der Waals surface area (Å²) in [6.07, 6.45) is 1.25. The Balaban J connectivity index is 2.69. The number of nitrogens with zero attached hydrogens (tertiary/aromatic N) is 1. The number of hydrogen-bond acceptors (Lipinski definition) is 3. The van der Waals surface area contributed by atoms with Gasteiger partial charge in [0.25, 0.3) is 0 Å². The van der Waals surface area contributed by atoms with Crippen molar-refractivity contribution in [2.24, 2.45) is 0 Å². The molecule has 1 aromatic carbocycles. The maximum absolute atomic E-state index is 10.4. The van der Waals surface area contributed by atoms with E-state index in [9.17, 15) is 4.79 Å². The molecule has 0 radical (unpaired) electrons. The van der Waals surface area contributed by atoms with Crippen molar-refractivity contribution in [3.05, 3.63) is 29.5 Å². The zero-order valence-electron chi connectivity index (χ0n) is 7.28. The average molecular weight is 175 g/mol. The fourth-order valence-electron chi connectivity index (χ4n) is 1.39. The minimum atomic E-state index is 0.381. The number of carbonyl (C=O) groups is 1. The summed E-state index contributed by atoms with van der Waals surface area (Å²) in [5.41, 5.74) is 2.49. The predicted molar refractivity (Wildman–Crippen MR) is 48.5 cm³/mol. The Labute approximate surface area is 75.3 Å². The highest BCUT2D eigenvalue weighted by Crippen LogP contribution is 2.21. The molecule has 3 nitrogen and oxygen atoms in total. The zero-order valence-corrected chi connectivity index (χ0v) is 7.28. The van der Waals surface area contributed by atoms with Crippen molar-refractivity contribution in [1.29, 1.82) is 0 Å². The Bertz CT molecular complexity index is 445. The molecule has 3 heteroatoms. The van der Waals surface area contributed by atoms with Crippen LogP contribution < -0.4 is 0 Å². The van der Waals surface area contributed by atoms with Crippen LogP contribution in [0.1, 0.15) is 11.3 Å². The van der Waals surface area contributed by atoms with E-state index < -0.39 is 0 Å². The van der Waals surface area contributed by atoms with Gasteiger partial charge < -0.3 is 9.32 Å². The van der Waals surface area contributed by atoms with Crippen molar-refractivity contribution in [2.45, 2.75) is 13.3 Å². The van der Waals surface area contributed by atoms with Gasteiger partial charge in [0.1, 0.15) is 6.29 Å². The molecule has 2 rings (SSSR count). The molecule has 0 amide bonds. The van der Waals surface area contributed by atoms with Crippen molar-refractivity contribution in [3.63, 3.8) is 0 Å². The molecule has 0 aliphatic rings. The van der Waals surface area contributed by atoms with Crippen LogP contribution in [0.4, 0.5) is 0 Å². The van der Waals surface area contributed by atoms with E-state index in [1.807, 2.05) is 25.1 Å². The molecule has 13 heavy (non-hydrogen) atoms. The van der Waals surface area contributed by atoms with Gasteiger partial charge in [-0.3, -0.25) is 0 Å². The van der Waals surface area contributed by atoms with E-state index >= 15 is 0 Å². The fraction of sp³-hybridized carbons (Fsp3) is 0.200. The number of hydrogen-bond donors (Lipinski definition) is 0. The summed E-state index contributed by atoms with van der Waals surface area (Å²) in [6, 6.07) is 5.72. The SMILES string of the molecule is Cc1noc2c(CC=O)cccc12. The molecule has 0 spiro atoms. The highest BCUT2D eigenvalue weighted by Gasteiger charge is 2.07. The first kappa shape index (κ1) is 7.98. The molecule has 0 saturated carbocycles. The van der Waals surface area contributed by atoms with E-state index in [2.05, 4.69) is 5.16 Å². The Morgan fingerprint density at radius 1 is 1.54 bits per heavy atom. The third-order valence-corrected chi connectivity index (χ3v) is 2.06. The molecule has 0 aliphatic heterocycles. The smallest absolute Gasteiger partial charge is 0.170 e. The number of fused-ring (bicyclic) bond motifs is 1. The lowest BCUT2D eigenvalue weighted by atomic mass is 10.1. The van der Waals surface area contributed by atoms with Gasteiger partial charge in [-0.25, -0.2) is 0 Å². The summed E-state index contributed by atoms with van der Waals surface area (Å²) in [5, 5.41) is 4.83. The molecule has 2 aromatic rings. The van der Waals surface area contributed by atoms with Crippen LogP contribution in [0.5, 0.6) is 0 Å². The van der Waals surface area contributed by atoms with Crippen molar-refractivity contribution in [2.75, 3.05) is 0 Å². The Morgan fingerprint density at radius 2 is 2.38 bits per heavy atom. The van der Waals surface area contributed by atoms with E-state index in [0.29, 0.717) is 6.42 Å². The Kier molecular flexibility index (Phi) is 1.85. The maximum atomic E-state index is 10.4. The summed E-state index contributed by atoms with van der Waals surface area (Å²) in [4.78, 5) is 10.4. The second-order valence-electron chi connectivity index (χ2n) is 2.93. The molecule has 0 bridgehead atoms. The normalized spacial score (nSPS) is 10.5. The fourth-order valence-corrected chi connectivity index (χ4v) is 1.39. The molecular formula is C10H9NO2. The second-order valence-corrected chi connectivity index (χ2v) is 2.93. The average Bonchev–Trinajstić information content (AvgIpc) is 2.50. The molecule has 1 aromatic heterocycles. The molecule has 0 N–H and O–H groups in total. The first-order valence-corrected chi connectivity index (χ1v) is 4.10. The van der Waals surface area contributed by atoms with Gasteiger partial charge in [0.2, 0.25) is 0 Å². The molecule has 0 aliphatic carbocycles. The molecule has 1 heterocycles. The number of aldehydes is 1. The van der Waals surface area contributed by atoms with Crippen molar-refractivity contribution in [3.8, 4) is 0 Å². The number of aromatic nitrogens is 1. The Morgan fingerprint density at radius 3 is 3.15 bits per heavy atom. The molecule has 66 valence electrons. The first-order valence-electron chi connectivity index (χ1n) is 4.10. The van der Waals surface area contributed by atoms with Crippen molar-refractivity contribution in [1.82, 2.24) is 5.16 Å². The quantitative estimate of drug-likeness (QED) is 0.654. The van der Waals surface area contributed by atoms with Gasteiger partial charge in [-0.2, -0.15) is 0 Å². The summed E-state index contributed by atoms with van der Waals surface area (Å²) in [6.45, 7) is 1.89. The van der Waals surface area contributed by atoms with Crippen LogP contribution in [0.2, 0.25) is 0 Å². The predicted octanol–water partition coefficient (Wildman–Crippen LogP) is 1.88. The number of benzene rings is 1. The lowest BCUT2D eigenvalue weighted by Gasteiger charge is -1.94. The number of para-hydroxylation sites is 1. The zero-order chi connectivity index (χ0) is 9.26. The van der Waals surface area contributed by atoms with Crippen LogP contribution in [0, 0.1) is 6.92 Å². The summed E-state index contributed by atoms with van der Waals surface area (Å²) in [5.74, 6) is 0. The van der Waals surface area contributed by atoms with E-state index in [1.165, 1.54) is 0 Å². The van der Waals surface area contributed by atoms with Gasteiger partial charge in [0, 0.05) is 17.4 Å². The second kappa shape index (κ2) is 3.01. The lowest BCUT2D eigenvalue weighted by Crippen LogP contribution is -1.85. The topological polar surface area (TPSA) is 43.1 Å². The Hall–Kier alpha value is -1.64. The number of carbonyl (C=O) groups excluding carboxylic acids is 1. The van der Waals surface area contributed by atoms with Crippen LogP contribution >= 0.6 is 0 Å². The molecule has 0 saturated heterocycles. The third kappa shape index (κ3) is 1.22. The first-order chi connectivity index (χ1) is 6.33. The number of rotatable bonds is 2. The number of aryl methyl sites for hydroxylation is 1. The standard InChI is InChI=1S/C10H9NO2/c1-7-9-4-2-3-8(5-6-12)10(9)13-11-7/h2-4,6H,5H2,1H3. The van der Waals surface area contributed by atoms with E-state index in [-0.39, 0.29) is 0 Å². The van der Waals surface area contributed by atoms with E-state index in [0.717, 1.165) is 28.5 Å². The van der Waals surface area contributed by atoms with Gasteiger partial charge in [-0.05, 0) is 13.0 Å². The van der Waals surface area contributed by atoms with Gasteiger partial charge in [-0.15, -0.1) is 0 Å². The van der Waals surface area contributed by atoms with Crippen LogP contribution in [0.15, 0.2) is 22.7 Å². The van der Waals surface area contributed by atoms with Crippen LogP contribution in [-0.2, 0) is 11.2 Å². The largest absolute Gasteiger partial charge is 0.356 e. The summed E-state index contributed by atoms with van der Waals surface area (Å²) < 4.78 is 5.12. The van der Waals surface area contributed by atoms with E-state index in [1.54, 1.807) is 0 Å². The lowest BCUT2D eigenvalue weighted by molar-refractivity contribution is -0.107. The minimum Gasteiger partial charge on any atom is -0.356 e. The minimum absolute atomic E-state index is 0.381. The van der Waals surface area contributed by atoms with Gasteiger partial charge >= 0.3 is 0 Å².